The molecule has 1 aromatic rings. The fraction of sp³-hybridized carbons (Fsp3) is 0.500. The Morgan fingerprint density at radius 3 is 2.47 bits per heavy atom. The molecular formula is C12H19N3O2. The summed E-state index contributed by atoms with van der Waals surface area (Å²) in [5.74, 6) is 0. The first-order chi connectivity index (χ1) is 7.84. The van der Waals surface area contributed by atoms with Gasteiger partial charge in [0.15, 0.2) is 0 Å². The second-order valence-corrected chi connectivity index (χ2v) is 4.83. The third kappa shape index (κ3) is 3.42. The molecule has 94 valence electrons. The van der Waals surface area contributed by atoms with E-state index >= 15 is 0 Å². The van der Waals surface area contributed by atoms with Gasteiger partial charge in [0.25, 0.3) is 5.69 Å². The highest BCUT2D eigenvalue weighted by Gasteiger charge is 2.21. The van der Waals surface area contributed by atoms with Gasteiger partial charge in [-0.15, -0.1) is 0 Å². The van der Waals surface area contributed by atoms with Crippen molar-refractivity contribution in [1.82, 2.24) is 4.90 Å². The molecule has 0 aliphatic rings. The van der Waals surface area contributed by atoms with Crippen LogP contribution < -0.4 is 5.32 Å². The first-order valence-electron chi connectivity index (χ1n) is 5.49. The average molecular weight is 237 g/mol. The van der Waals surface area contributed by atoms with Crippen LogP contribution in [0.5, 0.6) is 0 Å². The molecule has 1 rings (SSSR count). The molecule has 0 aliphatic heterocycles. The van der Waals surface area contributed by atoms with E-state index < -0.39 is 0 Å². The van der Waals surface area contributed by atoms with Crippen molar-refractivity contribution in [2.75, 3.05) is 26.0 Å². The molecule has 0 amide bonds. The monoisotopic (exact) mass is 237 g/mol. The van der Waals surface area contributed by atoms with E-state index in [1.165, 1.54) is 6.07 Å². The molecule has 0 bridgehead atoms. The van der Waals surface area contributed by atoms with Crippen molar-refractivity contribution < 1.29 is 4.92 Å². The summed E-state index contributed by atoms with van der Waals surface area (Å²) >= 11 is 0. The van der Waals surface area contributed by atoms with Gasteiger partial charge in [-0.25, -0.2) is 0 Å². The van der Waals surface area contributed by atoms with E-state index in [9.17, 15) is 10.1 Å². The lowest BCUT2D eigenvalue weighted by Gasteiger charge is -2.32. The fourth-order valence-corrected chi connectivity index (χ4v) is 1.25. The van der Waals surface area contributed by atoms with Crippen LogP contribution in [0.4, 0.5) is 11.4 Å². The molecule has 0 heterocycles. The summed E-state index contributed by atoms with van der Waals surface area (Å²) in [6.07, 6.45) is 0. The summed E-state index contributed by atoms with van der Waals surface area (Å²) in [6.45, 7) is 4.80. The zero-order chi connectivity index (χ0) is 13.1. The highest BCUT2D eigenvalue weighted by atomic mass is 16.6. The smallest absolute Gasteiger partial charge is 0.292 e. The van der Waals surface area contributed by atoms with Crippen LogP contribution in [0.1, 0.15) is 13.8 Å². The second kappa shape index (κ2) is 5.14. The maximum absolute atomic E-state index is 10.8. The third-order valence-corrected chi connectivity index (χ3v) is 3.02. The van der Waals surface area contributed by atoms with Crippen LogP contribution in [0.15, 0.2) is 24.3 Å². The number of nitrogens with zero attached hydrogens (tertiary/aromatic N) is 2. The van der Waals surface area contributed by atoms with Gasteiger partial charge >= 0.3 is 0 Å². The predicted octanol–water partition coefficient (Wildman–Crippen LogP) is 2.35. The van der Waals surface area contributed by atoms with E-state index in [1.807, 2.05) is 14.1 Å². The average Bonchev–Trinajstić information content (AvgIpc) is 2.26. The number of nitro groups is 1. The Hall–Kier alpha value is -1.62. The van der Waals surface area contributed by atoms with Crippen molar-refractivity contribution in [3.05, 3.63) is 34.4 Å². The number of hydrogen-bond donors (Lipinski definition) is 1. The van der Waals surface area contributed by atoms with Gasteiger partial charge in [0.2, 0.25) is 0 Å². The standard InChI is InChI=1S/C12H19N3O2/c1-12(2,14(3)4)9-13-10-7-5-6-8-11(10)15(16)17/h5-8,13H,9H2,1-4H3. The lowest BCUT2D eigenvalue weighted by molar-refractivity contribution is -0.384. The molecule has 0 aromatic heterocycles. The Kier molecular flexibility index (Phi) is 4.07. The van der Waals surface area contributed by atoms with Gasteiger partial charge in [-0.05, 0) is 34.0 Å². The van der Waals surface area contributed by atoms with Gasteiger partial charge in [0, 0.05) is 18.2 Å². The van der Waals surface area contributed by atoms with E-state index in [2.05, 4.69) is 24.1 Å². The van der Waals surface area contributed by atoms with Crippen molar-refractivity contribution in [2.24, 2.45) is 0 Å². The molecular weight excluding hydrogens is 218 g/mol. The van der Waals surface area contributed by atoms with Crippen molar-refractivity contribution >= 4 is 11.4 Å². The van der Waals surface area contributed by atoms with E-state index in [1.54, 1.807) is 18.2 Å². The van der Waals surface area contributed by atoms with Crippen LogP contribution in [-0.2, 0) is 0 Å². The highest BCUT2D eigenvalue weighted by molar-refractivity contribution is 5.61. The van der Waals surface area contributed by atoms with Gasteiger partial charge in [-0.2, -0.15) is 0 Å². The zero-order valence-electron chi connectivity index (χ0n) is 10.7. The molecule has 0 unspecified atom stereocenters. The second-order valence-electron chi connectivity index (χ2n) is 4.83. The summed E-state index contributed by atoms with van der Waals surface area (Å²) in [5.41, 5.74) is 0.610. The van der Waals surface area contributed by atoms with Crippen LogP contribution in [0.2, 0.25) is 0 Å². The van der Waals surface area contributed by atoms with E-state index in [4.69, 9.17) is 0 Å². The quantitative estimate of drug-likeness (QED) is 0.631. The Morgan fingerprint density at radius 2 is 1.94 bits per heavy atom. The Balaban J connectivity index is 2.79. The van der Waals surface area contributed by atoms with Crippen LogP contribution in [0.3, 0.4) is 0 Å². The summed E-state index contributed by atoms with van der Waals surface area (Å²) < 4.78 is 0. The summed E-state index contributed by atoms with van der Waals surface area (Å²) in [5, 5.41) is 14.0. The Labute approximate surface area is 102 Å². The van der Waals surface area contributed by atoms with Crippen LogP contribution >= 0.6 is 0 Å². The van der Waals surface area contributed by atoms with Crippen molar-refractivity contribution in [3.63, 3.8) is 0 Å². The minimum Gasteiger partial charge on any atom is -0.378 e. The van der Waals surface area contributed by atoms with Crippen LogP contribution in [-0.4, -0.2) is 36.0 Å². The highest BCUT2D eigenvalue weighted by Crippen LogP contribution is 2.24. The van der Waals surface area contributed by atoms with Crippen LogP contribution in [0.25, 0.3) is 0 Å². The first kappa shape index (κ1) is 13.4. The molecule has 0 spiro atoms. The molecule has 0 saturated carbocycles. The fourth-order valence-electron chi connectivity index (χ4n) is 1.25. The minimum atomic E-state index is -0.370. The number of hydrogen-bond acceptors (Lipinski definition) is 4. The molecule has 1 N–H and O–H groups in total. The van der Waals surface area contributed by atoms with Crippen molar-refractivity contribution in [3.8, 4) is 0 Å². The Morgan fingerprint density at radius 1 is 1.35 bits per heavy atom. The number of anilines is 1. The molecule has 0 radical (unpaired) electrons. The van der Waals surface area contributed by atoms with E-state index in [0.717, 1.165) is 0 Å². The normalized spacial score (nSPS) is 11.6. The molecule has 0 saturated heterocycles. The van der Waals surface area contributed by atoms with Crippen molar-refractivity contribution in [1.29, 1.82) is 0 Å². The lowest BCUT2D eigenvalue weighted by Crippen LogP contribution is -2.44. The molecule has 17 heavy (non-hydrogen) atoms. The molecule has 1 aromatic carbocycles. The van der Waals surface area contributed by atoms with E-state index in [-0.39, 0.29) is 16.1 Å². The summed E-state index contributed by atoms with van der Waals surface area (Å²) in [6, 6.07) is 6.69. The molecule has 0 fully saturated rings. The SMILES string of the molecule is CN(C)C(C)(C)CNc1ccccc1[N+](=O)[O-]. The first-order valence-corrected chi connectivity index (χ1v) is 5.49. The van der Waals surface area contributed by atoms with Crippen LogP contribution in [0, 0.1) is 10.1 Å². The maximum Gasteiger partial charge on any atom is 0.292 e. The Bertz CT molecular complexity index is 402. The van der Waals surface area contributed by atoms with Gasteiger partial charge in [0.1, 0.15) is 5.69 Å². The number of rotatable bonds is 5. The lowest BCUT2D eigenvalue weighted by atomic mass is 10.0. The van der Waals surface area contributed by atoms with Gasteiger partial charge in [-0.1, -0.05) is 12.1 Å². The molecule has 0 aliphatic carbocycles. The minimum absolute atomic E-state index is 0.0658. The third-order valence-electron chi connectivity index (χ3n) is 3.02. The molecule has 5 nitrogen and oxygen atoms in total. The topological polar surface area (TPSA) is 58.4 Å². The van der Waals surface area contributed by atoms with Gasteiger partial charge < -0.3 is 10.2 Å². The maximum atomic E-state index is 10.8. The summed E-state index contributed by atoms with van der Waals surface area (Å²) in [7, 11) is 3.97. The number of para-hydroxylation sites is 2. The summed E-state index contributed by atoms with van der Waals surface area (Å²) in [4.78, 5) is 12.5. The largest absolute Gasteiger partial charge is 0.378 e. The zero-order valence-corrected chi connectivity index (χ0v) is 10.7. The number of likely N-dealkylation sites (N-methyl/N-ethyl adjacent to an activating group) is 1. The van der Waals surface area contributed by atoms with Gasteiger partial charge in [0.05, 0.1) is 4.92 Å². The van der Waals surface area contributed by atoms with Gasteiger partial charge in [-0.3, -0.25) is 10.1 Å². The van der Waals surface area contributed by atoms with E-state index in [0.29, 0.717) is 12.2 Å². The molecule has 0 atom stereocenters. The number of nitrogens with one attached hydrogen (secondary N) is 1. The number of benzene rings is 1. The molecule has 5 heteroatoms. The predicted molar refractivity (Wildman–Crippen MR) is 69.4 cm³/mol. The van der Waals surface area contributed by atoms with Crippen molar-refractivity contribution in [2.45, 2.75) is 19.4 Å². The number of nitro benzene ring substituents is 1.